The van der Waals surface area contributed by atoms with Crippen LogP contribution < -0.4 is 0 Å². The van der Waals surface area contributed by atoms with Gasteiger partial charge in [-0.3, -0.25) is 9.59 Å². The summed E-state index contributed by atoms with van der Waals surface area (Å²) in [6.45, 7) is 1.99. The van der Waals surface area contributed by atoms with Gasteiger partial charge in [-0.25, -0.2) is 0 Å². The number of Topliss-reactive ketones (excluding diaryl/α,β-unsaturated/α-hetero) is 1. The van der Waals surface area contributed by atoms with Crippen LogP contribution >= 0.6 is 0 Å². The van der Waals surface area contributed by atoms with E-state index in [0.29, 0.717) is 24.1 Å². The third kappa shape index (κ3) is 2.69. The first kappa shape index (κ1) is 11.3. The summed E-state index contributed by atoms with van der Waals surface area (Å²) in [5, 5.41) is 0. The molecule has 0 saturated heterocycles. The van der Waals surface area contributed by atoms with E-state index >= 15 is 0 Å². The highest BCUT2D eigenvalue weighted by atomic mass is 16.1. The van der Waals surface area contributed by atoms with E-state index in [1.807, 2.05) is 31.2 Å². The fourth-order valence-corrected chi connectivity index (χ4v) is 1.75. The second-order valence-corrected chi connectivity index (χ2v) is 4.03. The molecule has 86 valence electrons. The van der Waals surface area contributed by atoms with Gasteiger partial charge in [0, 0.05) is 6.42 Å². The molecule has 0 aliphatic carbocycles. The highest BCUT2D eigenvalue weighted by molar-refractivity contribution is 5.96. The van der Waals surface area contributed by atoms with Gasteiger partial charge >= 0.3 is 0 Å². The van der Waals surface area contributed by atoms with E-state index in [1.54, 1.807) is 12.1 Å². The summed E-state index contributed by atoms with van der Waals surface area (Å²) in [6, 6.07) is 11.1. The Morgan fingerprint density at radius 2 is 2.12 bits per heavy atom. The first-order valence-corrected chi connectivity index (χ1v) is 5.42. The Morgan fingerprint density at radius 1 is 1.29 bits per heavy atom. The summed E-state index contributed by atoms with van der Waals surface area (Å²) in [5.41, 5.74) is 3.03. The predicted molar refractivity (Wildman–Crippen MR) is 65.4 cm³/mol. The first-order chi connectivity index (χ1) is 8.19. The van der Waals surface area contributed by atoms with Crippen molar-refractivity contribution in [1.29, 1.82) is 0 Å². The lowest BCUT2D eigenvalue weighted by Gasteiger charge is -2.00. The Morgan fingerprint density at radius 3 is 2.76 bits per heavy atom. The number of aryl methyl sites for hydroxylation is 1. The summed E-state index contributed by atoms with van der Waals surface area (Å²) < 4.78 is 0. The van der Waals surface area contributed by atoms with Crippen molar-refractivity contribution < 1.29 is 9.59 Å². The van der Waals surface area contributed by atoms with E-state index in [9.17, 15) is 9.59 Å². The summed E-state index contributed by atoms with van der Waals surface area (Å²) in [5.74, 6) is -0.0105. The van der Waals surface area contributed by atoms with Crippen LogP contribution in [0.25, 0.3) is 0 Å². The molecule has 0 spiro atoms. The van der Waals surface area contributed by atoms with E-state index in [-0.39, 0.29) is 5.78 Å². The number of carbonyl (C=O) groups excluding carboxylic acids is 2. The second kappa shape index (κ2) is 4.78. The molecule has 0 atom stereocenters. The van der Waals surface area contributed by atoms with Crippen molar-refractivity contribution in [2.45, 2.75) is 13.3 Å². The maximum atomic E-state index is 11.9. The van der Waals surface area contributed by atoms with Crippen molar-refractivity contribution in [3.05, 3.63) is 58.9 Å². The van der Waals surface area contributed by atoms with Crippen molar-refractivity contribution in [3.8, 4) is 0 Å². The quantitative estimate of drug-likeness (QED) is 0.644. The molecule has 0 radical (unpaired) electrons. The molecule has 2 rings (SSSR count). The molecule has 0 aliphatic rings. The number of aromatic amines is 1. The Bertz CT molecular complexity index is 555. The van der Waals surface area contributed by atoms with Gasteiger partial charge in [-0.2, -0.15) is 0 Å². The molecule has 3 nitrogen and oxygen atoms in total. The fourth-order valence-electron chi connectivity index (χ4n) is 1.75. The fraction of sp³-hybridized carbons (Fsp3) is 0.143. The van der Waals surface area contributed by atoms with Gasteiger partial charge in [0.2, 0.25) is 0 Å². The van der Waals surface area contributed by atoms with Crippen LogP contribution in [0.4, 0.5) is 0 Å². The number of aldehydes is 1. The van der Waals surface area contributed by atoms with E-state index in [4.69, 9.17) is 0 Å². The summed E-state index contributed by atoms with van der Waals surface area (Å²) >= 11 is 0. The minimum atomic E-state index is -0.0105. The third-order valence-electron chi connectivity index (χ3n) is 2.58. The van der Waals surface area contributed by atoms with Gasteiger partial charge in [0.25, 0.3) is 0 Å². The van der Waals surface area contributed by atoms with Crippen LogP contribution in [0, 0.1) is 6.92 Å². The molecule has 0 fully saturated rings. The van der Waals surface area contributed by atoms with Gasteiger partial charge in [-0.15, -0.1) is 0 Å². The molecule has 17 heavy (non-hydrogen) atoms. The number of benzene rings is 1. The number of nitrogens with one attached hydrogen (secondary N) is 1. The number of carbonyl (C=O) groups is 2. The monoisotopic (exact) mass is 227 g/mol. The SMILES string of the molecule is Cc1cccc(CC(=O)c2ccc(C=O)[nH]2)c1. The summed E-state index contributed by atoms with van der Waals surface area (Å²) in [7, 11) is 0. The largest absolute Gasteiger partial charge is 0.350 e. The normalized spacial score (nSPS) is 10.2. The molecule has 0 aliphatic heterocycles. The van der Waals surface area contributed by atoms with Crippen LogP contribution in [0.1, 0.15) is 32.1 Å². The molecular formula is C14H13NO2. The van der Waals surface area contributed by atoms with Crippen LogP contribution in [0.15, 0.2) is 36.4 Å². The molecule has 0 saturated carbocycles. The van der Waals surface area contributed by atoms with Crippen molar-refractivity contribution in [2.24, 2.45) is 0 Å². The van der Waals surface area contributed by atoms with Crippen molar-refractivity contribution in [3.63, 3.8) is 0 Å². The second-order valence-electron chi connectivity index (χ2n) is 4.03. The topological polar surface area (TPSA) is 49.9 Å². The summed E-state index contributed by atoms with van der Waals surface area (Å²) in [6.07, 6.45) is 1.05. The van der Waals surface area contributed by atoms with Crippen LogP contribution in [-0.2, 0) is 6.42 Å². The number of aromatic nitrogens is 1. The number of H-pyrrole nitrogens is 1. The Labute approximate surface area is 99.5 Å². The van der Waals surface area contributed by atoms with Crippen molar-refractivity contribution >= 4 is 12.1 Å². The van der Waals surface area contributed by atoms with Gasteiger partial charge < -0.3 is 4.98 Å². The standard InChI is InChI=1S/C14H13NO2/c1-10-3-2-4-11(7-10)8-14(17)13-6-5-12(9-16)15-13/h2-7,9,15H,8H2,1H3. The predicted octanol–water partition coefficient (Wildman–Crippen LogP) is 2.56. The first-order valence-electron chi connectivity index (χ1n) is 5.42. The smallest absolute Gasteiger partial charge is 0.183 e. The molecular weight excluding hydrogens is 214 g/mol. The number of rotatable bonds is 4. The molecule has 3 heteroatoms. The van der Waals surface area contributed by atoms with Gasteiger partial charge in [0.1, 0.15) is 0 Å². The van der Waals surface area contributed by atoms with Gasteiger partial charge in [0.05, 0.1) is 11.4 Å². The molecule has 0 unspecified atom stereocenters. The van der Waals surface area contributed by atoms with Gasteiger partial charge in [-0.05, 0) is 24.6 Å². The molecule has 1 N–H and O–H groups in total. The maximum absolute atomic E-state index is 11.9. The van der Waals surface area contributed by atoms with E-state index in [1.165, 1.54) is 0 Å². The van der Waals surface area contributed by atoms with E-state index in [0.717, 1.165) is 11.1 Å². The van der Waals surface area contributed by atoms with Gasteiger partial charge in [0.15, 0.2) is 12.1 Å². The number of ketones is 1. The molecule has 0 amide bonds. The lowest BCUT2D eigenvalue weighted by molar-refractivity contribution is 0.0989. The van der Waals surface area contributed by atoms with E-state index < -0.39 is 0 Å². The van der Waals surface area contributed by atoms with Crippen LogP contribution in [0.2, 0.25) is 0 Å². The van der Waals surface area contributed by atoms with E-state index in [2.05, 4.69) is 4.98 Å². The Kier molecular flexibility index (Phi) is 3.19. The zero-order valence-corrected chi connectivity index (χ0v) is 9.57. The lowest BCUT2D eigenvalue weighted by Crippen LogP contribution is -2.04. The lowest BCUT2D eigenvalue weighted by atomic mass is 10.1. The zero-order chi connectivity index (χ0) is 12.3. The Balaban J connectivity index is 2.14. The number of hydrogen-bond acceptors (Lipinski definition) is 2. The van der Waals surface area contributed by atoms with Crippen LogP contribution in [0.5, 0.6) is 0 Å². The van der Waals surface area contributed by atoms with Crippen molar-refractivity contribution in [2.75, 3.05) is 0 Å². The minimum Gasteiger partial charge on any atom is -0.350 e. The van der Waals surface area contributed by atoms with Crippen LogP contribution in [0.3, 0.4) is 0 Å². The molecule has 2 aromatic rings. The van der Waals surface area contributed by atoms with Crippen LogP contribution in [-0.4, -0.2) is 17.1 Å². The van der Waals surface area contributed by atoms with Crippen molar-refractivity contribution in [1.82, 2.24) is 4.98 Å². The molecule has 1 aromatic carbocycles. The molecule has 1 aromatic heterocycles. The third-order valence-corrected chi connectivity index (χ3v) is 2.58. The summed E-state index contributed by atoms with van der Waals surface area (Å²) in [4.78, 5) is 25.2. The Hall–Kier alpha value is -2.16. The highest BCUT2D eigenvalue weighted by Crippen LogP contribution is 2.09. The zero-order valence-electron chi connectivity index (χ0n) is 9.57. The molecule has 1 heterocycles. The average molecular weight is 227 g/mol. The maximum Gasteiger partial charge on any atom is 0.183 e. The number of hydrogen-bond donors (Lipinski definition) is 1. The average Bonchev–Trinajstić information content (AvgIpc) is 2.77. The van der Waals surface area contributed by atoms with Gasteiger partial charge in [-0.1, -0.05) is 29.8 Å². The minimum absolute atomic E-state index is 0.0105. The highest BCUT2D eigenvalue weighted by Gasteiger charge is 2.09. The molecule has 0 bridgehead atoms.